The normalized spacial score (nSPS) is 17.2. The van der Waals surface area contributed by atoms with Crippen LogP contribution in [0.25, 0.3) is 79.3 Å². The van der Waals surface area contributed by atoms with Gasteiger partial charge in [-0.3, -0.25) is 0 Å². The van der Waals surface area contributed by atoms with Crippen LogP contribution in [0.3, 0.4) is 0 Å². The maximum absolute atomic E-state index is 13.2. The Labute approximate surface area is 543 Å². The van der Waals surface area contributed by atoms with Crippen LogP contribution >= 0.6 is 22.7 Å². The molecule has 0 aliphatic carbocycles. The Morgan fingerprint density at radius 2 is 1.13 bits per heavy atom. The minimum atomic E-state index is -0.344. The SMILES string of the molecule is C.CC1(C)CCN2CCC(C)(C)c3c2c1cc1cc(-c2nc4ccccc4s2)c(=O)oc31.CCN(CC)c1ccc2cc(-c3nc4ccccc4s3)c(=O)oc2c1.[C-]#[N+]C([N+]#[C-])=C1C=C(/C=C/c2cc3c4c(c2)C(C)(C)CCN4CCC3(C)C)OC(C(C)(C)C)=C1. The summed E-state index contributed by atoms with van der Waals surface area (Å²) in [6.07, 6.45) is 12.2. The van der Waals surface area contributed by atoms with E-state index in [2.05, 4.69) is 150 Å². The van der Waals surface area contributed by atoms with Crippen LogP contribution in [-0.2, 0) is 26.4 Å². The van der Waals surface area contributed by atoms with Gasteiger partial charge in [-0.1, -0.05) is 114 Å². The second-order valence-electron chi connectivity index (χ2n) is 28.0. The number of anilines is 3. The van der Waals surface area contributed by atoms with Crippen LogP contribution in [0.15, 0.2) is 157 Å². The van der Waals surface area contributed by atoms with E-state index in [0.29, 0.717) is 33.0 Å². The summed E-state index contributed by atoms with van der Waals surface area (Å²) in [5, 5.41) is 3.34. The smallest absolute Gasteiger partial charge is 0.461 e. The van der Waals surface area contributed by atoms with Gasteiger partial charge in [-0.2, -0.15) is 9.69 Å². The Morgan fingerprint density at radius 3 is 1.66 bits per heavy atom. The maximum Gasteiger partial charge on any atom is 0.526 e. The molecule has 0 bridgehead atoms. The third kappa shape index (κ3) is 12.2. The summed E-state index contributed by atoms with van der Waals surface area (Å²) in [4.78, 5) is 49.1. The van der Waals surface area contributed by atoms with Crippen molar-refractivity contribution in [2.24, 2.45) is 5.41 Å². The van der Waals surface area contributed by atoms with Crippen molar-refractivity contribution in [2.45, 2.75) is 145 Å². The van der Waals surface area contributed by atoms with Gasteiger partial charge in [0.05, 0.1) is 37.1 Å². The highest BCUT2D eigenvalue weighted by Gasteiger charge is 2.43. The molecule has 91 heavy (non-hydrogen) atoms. The molecule has 12 nitrogen and oxygen atoms in total. The van der Waals surface area contributed by atoms with E-state index in [1.165, 1.54) is 45.0 Å². The van der Waals surface area contributed by atoms with Crippen molar-refractivity contribution in [1.29, 1.82) is 0 Å². The lowest BCUT2D eigenvalue weighted by Gasteiger charge is -2.48. The molecule has 0 fully saturated rings. The fourth-order valence-corrected chi connectivity index (χ4v) is 15.2. The molecular weight excluding hydrogens is 1170 g/mol. The summed E-state index contributed by atoms with van der Waals surface area (Å²) in [5.41, 5.74) is 14.7. The Hall–Kier alpha value is -8.56. The van der Waals surface area contributed by atoms with E-state index in [9.17, 15) is 9.59 Å². The number of rotatable bonds is 7. The summed E-state index contributed by atoms with van der Waals surface area (Å²) in [5.74, 6) is 1.48. The third-order valence-corrected chi connectivity index (χ3v) is 21.1. The van der Waals surface area contributed by atoms with Gasteiger partial charge in [-0.15, -0.1) is 22.7 Å². The fraction of sp³-hybridized carbons (Fsp3) is 0.377. The Morgan fingerprint density at radius 1 is 0.626 bits per heavy atom. The molecule has 0 amide bonds. The van der Waals surface area contributed by atoms with Crippen LogP contribution in [0.2, 0.25) is 0 Å². The molecule has 14 heteroatoms. The summed E-state index contributed by atoms with van der Waals surface area (Å²) in [6.45, 7) is 50.1. The predicted molar refractivity (Wildman–Crippen MR) is 380 cm³/mol. The summed E-state index contributed by atoms with van der Waals surface area (Å²) in [7, 11) is 0. The average Bonchev–Trinajstić information content (AvgIpc) is 1.22. The van der Waals surface area contributed by atoms with Gasteiger partial charge in [-0.25, -0.2) is 19.6 Å². The lowest BCUT2D eigenvalue weighted by molar-refractivity contribution is 0.223. The third-order valence-electron chi connectivity index (χ3n) is 19.0. The molecule has 5 aliphatic rings. The Bertz CT molecular complexity index is 4590. The highest BCUT2D eigenvalue weighted by Crippen LogP contribution is 2.53. The topological polar surface area (TPSA) is 114 Å². The monoisotopic (exact) mass is 1250 g/mol. The molecule has 0 saturated carbocycles. The molecule has 0 saturated heterocycles. The largest absolute Gasteiger partial charge is 0.526 e. The molecule has 5 aliphatic heterocycles. The van der Waals surface area contributed by atoms with E-state index in [4.69, 9.17) is 31.7 Å². The first-order chi connectivity index (χ1) is 42.8. The highest BCUT2D eigenvalue weighted by molar-refractivity contribution is 7.22. The molecule has 0 radical (unpaired) electrons. The van der Waals surface area contributed by atoms with Crippen molar-refractivity contribution >= 4 is 88.2 Å². The van der Waals surface area contributed by atoms with Gasteiger partial charge in [0, 0.05) is 84.1 Å². The number of thiazole rings is 2. The van der Waals surface area contributed by atoms with Crippen LogP contribution in [0.1, 0.15) is 151 Å². The van der Waals surface area contributed by atoms with Gasteiger partial charge in [0.2, 0.25) is 0 Å². The molecule has 0 N–H and O–H groups in total. The fourth-order valence-electron chi connectivity index (χ4n) is 13.3. The lowest BCUT2D eigenvalue weighted by atomic mass is 9.69. The van der Waals surface area contributed by atoms with Crippen molar-refractivity contribution in [3.63, 3.8) is 0 Å². The zero-order valence-electron chi connectivity index (χ0n) is 54.1. The highest BCUT2D eigenvalue weighted by atomic mass is 32.1. The molecule has 0 spiro atoms. The molecule has 0 unspecified atom stereocenters. The quantitative estimate of drug-likeness (QED) is 0.113. The van der Waals surface area contributed by atoms with Crippen LogP contribution < -0.4 is 26.0 Å². The standard InChI is InChI=1S/C30H35N3O.C26H26N2O2S.C20H18N2O2S.CH4/c1-28(2,3)25-19-21(27(31-8)32-9)18-22(34-25)11-10-20-16-23-26-24(17-20)30(6,7)13-15-33(26)14-12-29(23,4)5;1-25(2)9-11-28-12-10-26(3,4)20-21(28)17(25)14-15-13-16(24(29)30-22(15)20)23-27-18-7-5-6-8-19(18)31-23;1-3-22(4-2)14-10-9-13-11-15(20(23)24-17(13)12-14)19-21-16-7-5-6-8-18(16)25-19;/h10-11,16-19H,12-15H2,1-7H3;5-8,13-14H,9-12H2,1-4H3;5-12H,3-4H2,1-2H3;1H4/b11-10+;;;. The van der Waals surface area contributed by atoms with Crippen molar-refractivity contribution in [1.82, 2.24) is 9.97 Å². The number of nitrogens with zero attached hydrogens (tertiary/aromatic N) is 7. The number of benzene rings is 5. The van der Waals surface area contributed by atoms with Crippen LogP contribution in [0.4, 0.5) is 17.1 Å². The van der Waals surface area contributed by atoms with E-state index in [1.807, 2.05) is 84.9 Å². The van der Waals surface area contributed by atoms with Crippen molar-refractivity contribution in [2.75, 3.05) is 54.0 Å². The van der Waals surface area contributed by atoms with E-state index in [-0.39, 0.29) is 51.6 Å². The average molecular weight is 1250 g/mol. The molecule has 4 aromatic heterocycles. The van der Waals surface area contributed by atoms with Gasteiger partial charge < -0.3 is 28.3 Å². The number of fused-ring (bicyclic) bond motifs is 5. The van der Waals surface area contributed by atoms with Crippen molar-refractivity contribution < 1.29 is 13.6 Å². The number of aromatic nitrogens is 2. The van der Waals surface area contributed by atoms with Crippen LogP contribution in [-0.4, -0.2) is 49.2 Å². The first-order valence-corrected chi connectivity index (χ1v) is 33.1. The lowest BCUT2D eigenvalue weighted by Crippen LogP contribution is -2.44. The summed E-state index contributed by atoms with van der Waals surface area (Å²) >= 11 is 3.05. The van der Waals surface area contributed by atoms with E-state index in [0.717, 1.165) is 124 Å². The van der Waals surface area contributed by atoms with Gasteiger partial charge in [-0.05, 0) is 168 Å². The number of hydrogen-bond acceptors (Lipinski definition) is 12. The van der Waals surface area contributed by atoms with Gasteiger partial charge in [0.1, 0.15) is 45.8 Å². The van der Waals surface area contributed by atoms with Crippen LogP contribution in [0, 0.1) is 18.6 Å². The molecule has 5 aromatic carbocycles. The number of hydrogen-bond donors (Lipinski definition) is 0. The zero-order valence-corrected chi connectivity index (χ0v) is 55.7. The number of ether oxygens (including phenoxy) is 1. The minimum absolute atomic E-state index is 0. The Kier molecular flexibility index (Phi) is 17.0. The van der Waals surface area contributed by atoms with E-state index >= 15 is 0 Å². The van der Waals surface area contributed by atoms with E-state index in [1.54, 1.807) is 17.4 Å². The predicted octanol–water partition coefficient (Wildman–Crippen LogP) is 19.6. The zero-order chi connectivity index (χ0) is 63.8. The minimum Gasteiger partial charge on any atom is -0.461 e. The van der Waals surface area contributed by atoms with Crippen molar-refractivity contribution in [3.8, 4) is 21.1 Å². The first-order valence-electron chi connectivity index (χ1n) is 31.5. The van der Waals surface area contributed by atoms with Gasteiger partial charge >= 0.3 is 17.1 Å². The van der Waals surface area contributed by atoms with E-state index < -0.39 is 0 Å². The Balaban J connectivity index is 0.000000141. The number of para-hydroxylation sites is 2. The summed E-state index contributed by atoms with van der Waals surface area (Å²) < 4.78 is 20.1. The molecule has 14 rings (SSSR count). The molecule has 9 heterocycles. The second-order valence-corrected chi connectivity index (χ2v) is 30.1. The number of allylic oxidation sites excluding steroid dienone is 5. The molecular formula is C77H83N7O5S2. The first kappa shape index (κ1) is 64.0. The van der Waals surface area contributed by atoms with Gasteiger partial charge in [0.15, 0.2) is 0 Å². The molecule has 9 aromatic rings. The molecule has 0 atom stereocenters. The molecule has 468 valence electrons. The van der Waals surface area contributed by atoms with Gasteiger partial charge in [0.25, 0.3) is 0 Å². The van der Waals surface area contributed by atoms with Crippen LogP contribution in [0.5, 0.6) is 0 Å². The summed E-state index contributed by atoms with van der Waals surface area (Å²) in [6, 6.07) is 32.7. The maximum atomic E-state index is 13.2. The van der Waals surface area contributed by atoms with Crippen molar-refractivity contribution in [3.05, 3.63) is 210 Å². The second kappa shape index (κ2) is 24.2.